The minimum Gasteiger partial charge on any atom is -0.448 e. The number of piperazine rings is 1. The van der Waals surface area contributed by atoms with E-state index in [4.69, 9.17) is 4.42 Å². The van der Waals surface area contributed by atoms with Crippen LogP contribution in [0, 0.1) is 5.82 Å². The Kier molecular flexibility index (Phi) is 5.20. The number of allylic oxidation sites excluding steroid dienone is 1. The normalized spacial score (nSPS) is 16.8. The highest BCUT2D eigenvalue weighted by Gasteiger charge is 2.32. The molecule has 0 bridgehead atoms. The van der Waals surface area contributed by atoms with E-state index in [2.05, 4.69) is 6.58 Å². The Morgan fingerprint density at radius 1 is 1.20 bits per heavy atom. The summed E-state index contributed by atoms with van der Waals surface area (Å²) in [5, 5.41) is 0.868. The van der Waals surface area contributed by atoms with Crippen LogP contribution < -0.4 is 0 Å². The van der Waals surface area contributed by atoms with Gasteiger partial charge in [-0.15, -0.1) is 0 Å². The van der Waals surface area contributed by atoms with Gasteiger partial charge in [-0.2, -0.15) is 0 Å². The Hall–Kier alpha value is -3.35. The summed E-state index contributed by atoms with van der Waals surface area (Å²) in [6.45, 7) is 9.44. The van der Waals surface area contributed by atoms with E-state index in [1.165, 1.54) is 18.2 Å². The molecule has 1 aliphatic rings. The molecule has 0 radical (unpaired) electrons. The first-order chi connectivity index (χ1) is 14.3. The lowest BCUT2D eigenvalue weighted by Crippen LogP contribution is -2.55. The number of furan rings is 1. The summed E-state index contributed by atoms with van der Waals surface area (Å²) < 4.78 is 20.9. The van der Waals surface area contributed by atoms with Crippen molar-refractivity contribution < 1.29 is 18.4 Å². The molecule has 1 aromatic carbocycles. The number of halogens is 1. The van der Waals surface area contributed by atoms with Gasteiger partial charge >= 0.3 is 0 Å². The number of benzene rings is 1. The molecule has 1 aliphatic heterocycles. The fraction of sp³-hybridized carbons (Fsp3) is 0.304. The van der Waals surface area contributed by atoms with Crippen LogP contribution in [0.15, 0.2) is 59.2 Å². The number of hydrogen-bond donors (Lipinski definition) is 0. The molecule has 2 amide bonds. The van der Waals surface area contributed by atoms with Gasteiger partial charge in [-0.05, 0) is 44.2 Å². The molecule has 0 saturated carbocycles. The van der Waals surface area contributed by atoms with E-state index in [1.807, 2.05) is 30.5 Å². The van der Waals surface area contributed by atoms with Crippen LogP contribution in [0.2, 0.25) is 0 Å². The number of aromatic nitrogens is 1. The van der Waals surface area contributed by atoms with Gasteiger partial charge in [0.15, 0.2) is 0 Å². The van der Waals surface area contributed by atoms with Crippen LogP contribution in [0.5, 0.6) is 0 Å². The van der Waals surface area contributed by atoms with E-state index in [-0.39, 0.29) is 17.9 Å². The third-order valence-corrected chi connectivity index (χ3v) is 5.40. The summed E-state index contributed by atoms with van der Waals surface area (Å²) in [7, 11) is 0. The molecular formula is C23H24FN3O3. The van der Waals surface area contributed by atoms with Crippen molar-refractivity contribution in [3.8, 4) is 0 Å². The van der Waals surface area contributed by atoms with Gasteiger partial charge in [0.2, 0.25) is 5.71 Å². The van der Waals surface area contributed by atoms with Gasteiger partial charge in [0.05, 0.1) is 6.26 Å². The number of rotatable bonds is 4. The molecule has 4 rings (SSSR count). The molecular weight excluding hydrogens is 385 g/mol. The summed E-state index contributed by atoms with van der Waals surface area (Å²) in [6.07, 6.45) is 1.60. The maximum absolute atomic E-state index is 13.5. The molecule has 3 aromatic rings. The SMILES string of the molecule is C=C(C)Cn1c(C(=O)N2CCN(C(=O)c3cccc(F)c3)C(C)C2)cc2ccoc21. The quantitative estimate of drug-likeness (QED) is 0.614. The van der Waals surface area contributed by atoms with E-state index in [9.17, 15) is 14.0 Å². The Labute approximate surface area is 174 Å². The molecule has 1 fully saturated rings. The maximum Gasteiger partial charge on any atom is 0.270 e. The summed E-state index contributed by atoms with van der Waals surface area (Å²) in [6, 6.07) is 9.16. The monoisotopic (exact) mass is 409 g/mol. The first-order valence-electron chi connectivity index (χ1n) is 9.92. The van der Waals surface area contributed by atoms with Gasteiger partial charge in [0.1, 0.15) is 11.5 Å². The number of carbonyl (C=O) groups excluding carboxylic acids is 2. The van der Waals surface area contributed by atoms with E-state index in [1.54, 1.807) is 22.1 Å². The Balaban J connectivity index is 1.53. The fourth-order valence-electron chi connectivity index (χ4n) is 3.97. The van der Waals surface area contributed by atoms with Crippen molar-refractivity contribution in [3.05, 3.63) is 71.9 Å². The van der Waals surface area contributed by atoms with Crippen LogP contribution in [-0.2, 0) is 6.54 Å². The van der Waals surface area contributed by atoms with Gasteiger partial charge in [-0.25, -0.2) is 4.39 Å². The second-order valence-corrected chi connectivity index (χ2v) is 7.86. The topological polar surface area (TPSA) is 58.7 Å². The lowest BCUT2D eigenvalue weighted by atomic mass is 10.1. The fourth-order valence-corrected chi connectivity index (χ4v) is 3.97. The molecule has 0 spiro atoms. The molecule has 3 heterocycles. The highest BCUT2D eigenvalue weighted by Crippen LogP contribution is 2.24. The van der Waals surface area contributed by atoms with E-state index in [0.29, 0.717) is 43.1 Å². The predicted octanol–water partition coefficient (Wildman–Crippen LogP) is 3.94. The van der Waals surface area contributed by atoms with Crippen LogP contribution in [0.1, 0.15) is 34.7 Å². The van der Waals surface area contributed by atoms with E-state index < -0.39 is 5.82 Å². The summed E-state index contributed by atoms with van der Waals surface area (Å²) in [5.41, 5.74) is 2.42. The van der Waals surface area contributed by atoms with Crippen LogP contribution in [0.4, 0.5) is 4.39 Å². The minimum absolute atomic E-state index is 0.104. The molecule has 30 heavy (non-hydrogen) atoms. The highest BCUT2D eigenvalue weighted by molar-refractivity contribution is 5.98. The zero-order valence-electron chi connectivity index (χ0n) is 17.1. The molecule has 0 N–H and O–H groups in total. The number of fused-ring (bicyclic) bond motifs is 1. The van der Waals surface area contributed by atoms with Gasteiger partial charge in [-0.3, -0.25) is 9.59 Å². The Morgan fingerprint density at radius 2 is 2.00 bits per heavy atom. The molecule has 6 nitrogen and oxygen atoms in total. The summed E-state index contributed by atoms with van der Waals surface area (Å²) in [4.78, 5) is 29.5. The van der Waals surface area contributed by atoms with Crippen molar-refractivity contribution in [2.75, 3.05) is 19.6 Å². The van der Waals surface area contributed by atoms with Crippen LogP contribution >= 0.6 is 0 Å². The average Bonchev–Trinajstić information content (AvgIpc) is 3.29. The molecule has 7 heteroatoms. The predicted molar refractivity (Wildman–Crippen MR) is 112 cm³/mol. The third kappa shape index (κ3) is 3.63. The Morgan fingerprint density at radius 3 is 2.70 bits per heavy atom. The van der Waals surface area contributed by atoms with Crippen molar-refractivity contribution in [1.29, 1.82) is 0 Å². The van der Waals surface area contributed by atoms with Gasteiger partial charge in [-0.1, -0.05) is 18.2 Å². The maximum atomic E-state index is 13.5. The van der Waals surface area contributed by atoms with E-state index >= 15 is 0 Å². The molecule has 1 unspecified atom stereocenters. The number of amides is 2. The average molecular weight is 409 g/mol. The van der Waals surface area contributed by atoms with Gasteiger partial charge < -0.3 is 18.8 Å². The van der Waals surface area contributed by atoms with Crippen molar-refractivity contribution in [1.82, 2.24) is 14.4 Å². The standard InChI is InChI=1S/C23H24FN3O3/c1-15(2)13-27-20(12-18-7-10-30-23(18)27)22(29)25-8-9-26(16(3)14-25)21(28)17-5-4-6-19(24)11-17/h4-7,10-12,16H,1,8-9,13-14H2,2-3H3. The lowest BCUT2D eigenvalue weighted by molar-refractivity contribution is 0.0409. The summed E-state index contributed by atoms with van der Waals surface area (Å²) in [5.74, 6) is -0.769. The van der Waals surface area contributed by atoms with Crippen LogP contribution in [0.3, 0.4) is 0 Å². The van der Waals surface area contributed by atoms with Crippen molar-refractivity contribution in [2.24, 2.45) is 0 Å². The zero-order chi connectivity index (χ0) is 21.4. The molecule has 1 saturated heterocycles. The van der Waals surface area contributed by atoms with Gasteiger partial charge in [0, 0.05) is 43.2 Å². The number of hydrogen-bond acceptors (Lipinski definition) is 3. The molecule has 2 aromatic heterocycles. The second-order valence-electron chi connectivity index (χ2n) is 7.86. The van der Waals surface area contributed by atoms with Crippen molar-refractivity contribution >= 4 is 22.9 Å². The first-order valence-corrected chi connectivity index (χ1v) is 9.92. The van der Waals surface area contributed by atoms with Crippen molar-refractivity contribution in [2.45, 2.75) is 26.4 Å². The van der Waals surface area contributed by atoms with Crippen LogP contribution in [0.25, 0.3) is 11.1 Å². The first kappa shape index (κ1) is 19.9. The van der Waals surface area contributed by atoms with E-state index in [0.717, 1.165) is 11.0 Å². The lowest BCUT2D eigenvalue weighted by Gasteiger charge is -2.40. The smallest absolute Gasteiger partial charge is 0.270 e. The number of carbonyl (C=O) groups is 2. The second kappa shape index (κ2) is 7.82. The molecule has 0 aliphatic carbocycles. The summed E-state index contributed by atoms with van der Waals surface area (Å²) >= 11 is 0. The number of nitrogens with zero attached hydrogens (tertiary/aromatic N) is 3. The zero-order valence-corrected chi connectivity index (χ0v) is 17.1. The van der Waals surface area contributed by atoms with Gasteiger partial charge in [0.25, 0.3) is 11.8 Å². The Bertz CT molecular complexity index is 1130. The highest BCUT2D eigenvalue weighted by atomic mass is 19.1. The molecule has 156 valence electrons. The minimum atomic E-state index is -0.440. The molecule has 1 atom stereocenters. The van der Waals surface area contributed by atoms with Crippen molar-refractivity contribution in [3.63, 3.8) is 0 Å². The third-order valence-electron chi connectivity index (χ3n) is 5.40. The van der Waals surface area contributed by atoms with Crippen LogP contribution in [-0.4, -0.2) is 51.9 Å². The largest absolute Gasteiger partial charge is 0.448 e.